The number of carbonyl (C=O) groups is 1. The second kappa shape index (κ2) is 7.23. The zero-order chi connectivity index (χ0) is 17.0. The van der Waals surface area contributed by atoms with Crippen molar-refractivity contribution in [3.8, 4) is 0 Å². The molecule has 0 bridgehead atoms. The SMILES string of the molecule is Cc1cc(NC(C)C(=O)Nc2ccc([N+](=O)[O-])cc2)ccc1Br. The molecule has 1 unspecified atom stereocenters. The molecule has 0 fully saturated rings. The number of hydrogen-bond acceptors (Lipinski definition) is 4. The Balaban J connectivity index is 1.99. The predicted octanol–water partition coefficient (Wildman–Crippen LogP) is 4.10. The van der Waals surface area contributed by atoms with E-state index in [1.54, 1.807) is 6.92 Å². The number of nitrogens with zero attached hydrogens (tertiary/aromatic N) is 1. The zero-order valence-electron chi connectivity index (χ0n) is 12.7. The van der Waals surface area contributed by atoms with Gasteiger partial charge in [0.2, 0.25) is 5.91 Å². The van der Waals surface area contributed by atoms with Crippen molar-refractivity contribution in [2.24, 2.45) is 0 Å². The summed E-state index contributed by atoms with van der Waals surface area (Å²) in [5.41, 5.74) is 2.41. The van der Waals surface area contributed by atoms with E-state index < -0.39 is 11.0 Å². The van der Waals surface area contributed by atoms with Gasteiger partial charge in [-0.25, -0.2) is 0 Å². The van der Waals surface area contributed by atoms with E-state index in [2.05, 4.69) is 26.6 Å². The molecule has 2 aromatic carbocycles. The van der Waals surface area contributed by atoms with Gasteiger partial charge >= 0.3 is 0 Å². The molecular weight excluding hydrogens is 362 g/mol. The van der Waals surface area contributed by atoms with Gasteiger partial charge in [0, 0.05) is 28.0 Å². The van der Waals surface area contributed by atoms with E-state index in [-0.39, 0.29) is 11.6 Å². The fraction of sp³-hybridized carbons (Fsp3) is 0.188. The summed E-state index contributed by atoms with van der Waals surface area (Å²) >= 11 is 3.43. The zero-order valence-corrected chi connectivity index (χ0v) is 14.3. The number of non-ortho nitro benzene ring substituents is 1. The van der Waals surface area contributed by atoms with Crippen molar-refractivity contribution in [2.75, 3.05) is 10.6 Å². The average molecular weight is 378 g/mol. The number of nitro benzene ring substituents is 1. The molecule has 7 heteroatoms. The summed E-state index contributed by atoms with van der Waals surface area (Å²) in [4.78, 5) is 22.3. The van der Waals surface area contributed by atoms with Gasteiger partial charge in [0.15, 0.2) is 0 Å². The Morgan fingerprint density at radius 3 is 2.35 bits per heavy atom. The number of anilines is 2. The van der Waals surface area contributed by atoms with E-state index in [1.807, 2.05) is 25.1 Å². The molecule has 0 aliphatic heterocycles. The van der Waals surface area contributed by atoms with Gasteiger partial charge in [-0.1, -0.05) is 15.9 Å². The Bertz CT molecular complexity index is 732. The average Bonchev–Trinajstić information content (AvgIpc) is 2.51. The van der Waals surface area contributed by atoms with E-state index in [0.29, 0.717) is 5.69 Å². The van der Waals surface area contributed by atoms with E-state index >= 15 is 0 Å². The molecule has 1 amide bonds. The van der Waals surface area contributed by atoms with Crippen molar-refractivity contribution >= 4 is 38.9 Å². The number of hydrogen-bond donors (Lipinski definition) is 2. The van der Waals surface area contributed by atoms with E-state index in [0.717, 1.165) is 15.7 Å². The number of aryl methyl sites for hydroxylation is 1. The molecule has 1 atom stereocenters. The number of nitrogens with one attached hydrogen (secondary N) is 2. The summed E-state index contributed by atoms with van der Waals surface area (Å²) in [6.07, 6.45) is 0. The fourth-order valence-corrected chi connectivity index (χ4v) is 2.21. The van der Waals surface area contributed by atoms with E-state index in [4.69, 9.17) is 0 Å². The molecule has 6 nitrogen and oxygen atoms in total. The molecule has 0 saturated heterocycles. The highest BCUT2D eigenvalue weighted by Crippen LogP contribution is 2.21. The lowest BCUT2D eigenvalue weighted by atomic mass is 10.2. The Kier molecular flexibility index (Phi) is 5.33. The number of rotatable bonds is 5. The summed E-state index contributed by atoms with van der Waals surface area (Å²) < 4.78 is 1.01. The first kappa shape index (κ1) is 17.0. The third kappa shape index (κ3) is 4.53. The molecule has 2 aromatic rings. The van der Waals surface area contributed by atoms with Crippen LogP contribution in [0.5, 0.6) is 0 Å². The van der Waals surface area contributed by atoms with Gasteiger partial charge < -0.3 is 10.6 Å². The molecule has 23 heavy (non-hydrogen) atoms. The van der Waals surface area contributed by atoms with Crippen LogP contribution in [0.2, 0.25) is 0 Å². The third-order valence-electron chi connectivity index (χ3n) is 3.28. The van der Waals surface area contributed by atoms with Crippen LogP contribution in [0.15, 0.2) is 46.9 Å². The first-order chi connectivity index (χ1) is 10.9. The van der Waals surface area contributed by atoms with Gasteiger partial charge in [-0.15, -0.1) is 0 Å². The quantitative estimate of drug-likeness (QED) is 0.606. The summed E-state index contributed by atoms with van der Waals surface area (Å²) in [5.74, 6) is -0.223. The Morgan fingerprint density at radius 1 is 1.17 bits per heavy atom. The minimum absolute atomic E-state index is 0.0143. The number of halogens is 1. The Morgan fingerprint density at radius 2 is 1.78 bits per heavy atom. The van der Waals surface area contributed by atoms with Gasteiger partial charge in [0.1, 0.15) is 6.04 Å². The van der Waals surface area contributed by atoms with E-state index in [1.165, 1.54) is 24.3 Å². The normalized spacial score (nSPS) is 11.6. The second-order valence-electron chi connectivity index (χ2n) is 5.12. The fourth-order valence-electron chi connectivity index (χ4n) is 1.97. The molecule has 2 rings (SSSR count). The maximum atomic E-state index is 12.2. The van der Waals surface area contributed by atoms with Crippen molar-refractivity contribution in [1.82, 2.24) is 0 Å². The topological polar surface area (TPSA) is 84.3 Å². The molecule has 0 saturated carbocycles. The monoisotopic (exact) mass is 377 g/mol. The van der Waals surface area contributed by atoms with Crippen LogP contribution in [0.4, 0.5) is 17.1 Å². The molecular formula is C16H16BrN3O3. The van der Waals surface area contributed by atoms with Crippen molar-refractivity contribution < 1.29 is 9.72 Å². The van der Waals surface area contributed by atoms with Crippen molar-refractivity contribution in [2.45, 2.75) is 19.9 Å². The third-order valence-corrected chi connectivity index (χ3v) is 4.17. The lowest BCUT2D eigenvalue weighted by Gasteiger charge is -2.16. The van der Waals surface area contributed by atoms with Gasteiger partial charge in [0.05, 0.1) is 4.92 Å². The molecule has 2 N–H and O–H groups in total. The van der Waals surface area contributed by atoms with Crippen molar-refractivity contribution in [3.63, 3.8) is 0 Å². The van der Waals surface area contributed by atoms with Gasteiger partial charge in [0.25, 0.3) is 5.69 Å². The first-order valence-corrected chi connectivity index (χ1v) is 7.74. The van der Waals surface area contributed by atoms with Crippen LogP contribution in [0.3, 0.4) is 0 Å². The summed E-state index contributed by atoms with van der Waals surface area (Å²) in [5, 5.41) is 16.4. The van der Waals surface area contributed by atoms with Crippen LogP contribution < -0.4 is 10.6 Å². The Labute approximate surface area is 142 Å². The summed E-state index contributed by atoms with van der Waals surface area (Å²) in [7, 11) is 0. The highest BCUT2D eigenvalue weighted by molar-refractivity contribution is 9.10. The highest BCUT2D eigenvalue weighted by atomic mass is 79.9. The lowest BCUT2D eigenvalue weighted by molar-refractivity contribution is -0.384. The molecule has 0 aliphatic rings. The van der Waals surface area contributed by atoms with Gasteiger partial charge in [-0.05, 0) is 49.7 Å². The van der Waals surface area contributed by atoms with Crippen molar-refractivity contribution in [1.29, 1.82) is 0 Å². The van der Waals surface area contributed by atoms with Gasteiger partial charge in [-0.2, -0.15) is 0 Å². The maximum absolute atomic E-state index is 12.2. The maximum Gasteiger partial charge on any atom is 0.269 e. The Hall–Kier alpha value is -2.41. The predicted molar refractivity (Wildman–Crippen MR) is 93.7 cm³/mol. The van der Waals surface area contributed by atoms with Crippen LogP contribution in [-0.4, -0.2) is 16.9 Å². The number of benzene rings is 2. The number of carbonyl (C=O) groups excluding carboxylic acids is 1. The van der Waals surface area contributed by atoms with Crippen molar-refractivity contribution in [3.05, 3.63) is 62.6 Å². The lowest BCUT2D eigenvalue weighted by Crippen LogP contribution is -2.31. The summed E-state index contributed by atoms with van der Waals surface area (Å²) in [6, 6.07) is 11.0. The van der Waals surface area contributed by atoms with Crippen LogP contribution in [0.1, 0.15) is 12.5 Å². The van der Waals surface area contributed by atoms with Gasteiger partial charge in [-0.3, -0.25) is 14.9 Å². The smallest absolute Gasteiger partial charge is 0.269 e. The molecule has 0 radical (unpaired) electrons. The van der Waals surface area contributed by atoms with Crippen LogP contribution >= 0.6 is 15.9 Å². The molecule has 0 heterocycles. The minimum atomic E-state index is -0.481. The minimum Gasteiger partial charge on any atom is -0.374 e. The summed E-state index contributed by atoms with van der Waals surface area (Å²) in [6.45, 7) is 3.72. The number of nitro groups is 1. The largest absolute Gasteiger partial charge is 0.374 e. The second-order valence-corrected chi connectivity index (χ2v) is 5.98. The molecule has 0 aliphatic carbocycles. The van der Waals surface area contributed by atoms with Crippen LogP contribution in [0.25, 0.3) is 0 Å². The number of amides is 1. The highest BCUT2D eigenvalue weighted by Gasteiger charge is 2.14. The standard InChI is InChI=1S/C16H16BrN3O3/c1-10-9-13(5-8-15(10)17)18-11(2)16(21)19-12-3-6-14(7-4-12)20(22)23/h3-9,11,18H,1-2H3,(H,19,21). The van der Waals surface area contributed by atoms with Crippen LogP contribution in [0, 0.1) is 17.0 Å². The molecule has 120 valence electrons. The first-order valence-electron chi connectivity index (χ1n) is 6.95. The van der Waals surface area contributed by atoms with Crippen LogP contribution in [-0.2, 0) is 4.79 Å². The molecule has 0 spiro atoms. The molecule has 0 aromatic heterocycles. The van der Waals surface area contributed by atoms with E-state index in [9.17, 15) is 14.9 Å².